The quantitative estimate of drug-likeness (QED) is 0.760. The molecular formula is C17H21FN4O2. The van der Waals surface area contributed by atoms with E-state index in [2.05, 4.69) is 10.4 Å². The Morgan fingerprint density at radius 1 is 1.33 bits per heavy atom. The topological polar surface area (TPSA) is 90.0 Å². The van der Waals surface area contributed by atoms with E-state index < -0.39 is 11.8 Å². The van der Waals surface area contributed by atoms with Gasteiger partial charge in [-0.05, 0) is 36.6 Å². The van der Waals surface area contributed by atoms with Crippen LogP contribution in [-0.2, 0) is 22.6 Å². The fourth-order valence-electron chi connectivity index (χ4n) is 2.31. The molecule has 0 saturated heterocycles. The van der Waals surface area contributed by atoms with Gasteiger partial charge in [0.1, 0.15) is 5.82 Å². The molecule has 0 unspecified atom stereocenters. The molecule has 2 aromatic rings. The summed E-state index contributed by atoms with van der Waals surface area (Å²) in [5.74, 6) is -1.54. The van der Waals surface area contributed by atoms with Crippen LogP contribution in [0.1, 0.15) is 17.5 Å². The number of primary amides is 1. The fraction of sp³-hybridized carbons (Fsp3) is 0.353. The molecule has 2 amide bonds. The number of nitrogens with two attached hydrogens (primary N) is 1. The summed E-state index contributed by atoms with van der Waals surface area (Å²) in [5, 5.41) is 6.82. The molecule has 0 aliphatic rings. The lowest BCUT2D eigenvalue weighted by Crippen LogP contribution is -2.37. The molecule has 2 rings (SSSR count). The summed E-state index contributed by atoms with van der Waals surface area (Å²) >= 11 is 0. The molecule has 1 heterocycles. The van der Waals surface area contributed by atoms with Crippen LogP contribution in [0.3, 0.4) is 0 Å². The van der Waals surface area contributed by atoms with Crippen LogP contribution < -0.4 is 11.1 Å². The summed E-state index contributed by atoms with van der Waals surface area (Å²) in [5.41, 5.74) is 7.21. The summed E-state index contributed by atoms with van der Waals surface area (Å²) in [7, 11) is 0. The first-order chi connectivity index (χ1) is 11.4. The Morgan fingerprint density at radius 2 is 2.04 bits per heavy atom. The molecule has 7 heteroatoms. The summed E-state index contributed by atoms with van der Waals surface area (Å²) < 4.78 is 14.6. The fourth-order valence-corrected chi connectivity index (χ4v) is 2.31. The molecule has 128 valence electrons. The largest absolute Gasteiger partial charge is 0.369 e. The van der Waals surface area contributed by atoms with Gasteiger partial charge in [0.05, 0.1) is 12.1 Å². The minimum Gasteiger partial charge on any atom is -0.369 e. The summed E-state index contributed by atoms with van der Waals surface area (Å²) in [6, 6.07) is 5.87. The van der Waals surface area contributed by atoms with Crippen LogP contribution in [0.2, 0.25) is 0 Å². The van der Waals surface area contributed by atoms with Crippen molar-refractivity contribution in [3.63, 3.8) is 0 Å². The molecule has 0 fully saturated rings. The average Bonchev–Trinajstić information content (AvgIpc) is 2.96. The van der Waals surface area contributed by atoms with Crippen molar-refractivity contribution in [2.24, 2.45) is 11.7 Å². The highest BCUT2D eigenvalue weighted by atomic mass is 19.1. The normalized spacial score (nSPS) is 11.9. The number of carbonyl (C=O) groups excluding carboxylic acids is 2. The number of nitrogens with zero attached hydrogens (tertiary/aromatic N) is 2. The van der Waals surface area contributed by atoms with Crippen molar-refractivity contribution in [2.75, 3.05) is 6.54 Å². The van der Waals surface area contributed by atoms with E-state index in [4.69, 9.17) is 5.73 Å². The summed E-state index contributed by atoms with van der Waals surface area (Å²) in [6.45, 7) is 2.55. The molecule has 0 spiro atoms. The highest BCUT2D eigenvalue weighted by molar-refractivity contribution is 5.79. The molecule has 3 N–H and O–H groups in total. The van der Waals surface area contributed by atoms with Crippen molar-refractivity contribution in [2.45, 2.75) is 26.3 Å². The molecule has 1 atom stereocenters. The van der Waals surface area contributed by atoms with E-state index in [1.807, 2.05) is 13.1 Å². The first-order valence-corrected chi connectivity index (χ1v) is 7.73. The van der Waals surface area contributed by atoms with Crippen LogP contribution in [0.4, 0.5) is 4.39 Å². The molecule has 0 saturated carbocycles. The summed E-state index contributed by atoms with van der Waals surface area (Å²) in [6.07, 6.45) is 4.20. The minimum absolute atomic E-state index is 0.156. The number of rotatable bonds is 8. The van der Waals surface area contributed by atoms with Crippen molar-refractivity contribution >= 4 is 11.8 Å². The van der Waals surface area contributed by atoms with Gasteiger partial charge in [-0.3, -0.25) is 14.3 Å². The van der Waals surface area contributed by atoms with Crippen molar-refractivity contribution in [3.8, 4) is 0 Å². The Bertz CT molecular complexity index is 697. The smallest absolute Gasteiger partial charge is 0.222 e. The van der Waals surface area contributed by atoms with Gasteiger partial charge in [0.2, 0.25) is 11.8 Å². The predicted molar refractivity (Wildman–Crippen MR) is 87.4 cm³/mol. The Hall–Kier alpha value is -2.70. The minimum atomic E-state index is -0.536. The third-order valence-electron chi connectivity index (χ3n) is 3.67. The van der Waals surface area contributed by atoms with E-state index in [1.54, 1.807) is 23.0 Å². The Kier molecular flexibility index (Phi) is 6.06. The van der Waals surface area contributed by atoms with Gasteiger partial charge in [0.15, 0.2) is 0 Å². The highest BCUT2D eigenvalue weighted by Gasteiger charge is 2.17. The zero-order chi connectivity index (χ0) is 17.5. The van der Waals surface area contributed by atoms with E-state index in [9.17, 15) is 14.0 Å². The first kappa shape index (κ1) is 17.7. The second kappa shape index (κ2) is 8.24. The highest BCUT2D eigenvalue weighted by Crippen LogP contribution is 2.09. The Morgan fingerprint density at radius 3 is 2.62 bits per heavy atom. The number of hydrogen-bond acceptors (Lipinski definition) is 3. The van der Waals surface area contributed by atoms with Crippen LogP contribution in [0, 0.1) is 18.7 Å². The molecule has 24 heavy (non-hydrogen) atoms. The van der Waals surface area contributed by atoms with E-state index in [-0.39, 0.29) is 24.7 Å². The number of nitrogens with one attached hydrogen (secondary N) is 1. The Labute approximate surface area is 139 Å². The molecule has 6 nitrogen and oxygen atoms in total. The van der Waals surface area contributed by atoms with Gasteiger partial charge >= 0.3 is 0 Å². The monoisotopic (exact) mass is 332 g/mol. The zero-order valence-corrected chi connectivity index (χ0v) is 13.5. The van der Waals surface area contributed by atoms with Gasteiger partial charge in [-0.15, -0.1) is 0 Å². The Balaban J connectivity index is 1.81. The van der Waals surface area contributed by atoms with Crippen molar-refractivity contribution in [1.29, 1.82) is 0 Å². The molecule has 0 bridgehead atoms. The summed E-state index contributed by atoms with van der Waals surface area (Å²) in [4.78, 5) is 23.4. The average molecular weight is 332 g/mol. The van der Waals surface area contributed by atoms with Crippen LogP contribution in [-0.4, -0.2) is 28.1 Å². The third kappa shape index (κ3) is 5.49. The lowest BCUT2D eigenvalue weighted by atomic mass is 9.98. The lowest BCUT2D eigenvalue weighted by Gasteiger charge is -2.14. The maximum absolute atomic E-state index is 12.9. The molecule has 1 aromatic carbocycles. The number of aromatic nitrogens is 2. The van der Waals surface area contributed by atoms with Crippen molar-refractivity contribution in [1.82, 2.24) is 15.1 Å². The number of aryl methyl sites for hydroxylation is 2. The maximum atomic E-state index is 12.9. The van der Waals surface area contributed by atoms with Crippen LogP contribution in [0.15, 0.2) is 36.7 Å². The van der Waals surface area contributed by atoms with Gasteiger partial charge in [-0.2, -0.15) is 5.10 Å². The molecule has 1 aromatic heterocycles. The van der Waals surface area contributed by atoms with Gasteiger partial charge in [0.25, 0.3) is 0 Å². The number of amides is 2. The zero-order valence-electron chi connectivity index (χ0n) is 13.5. The van der Waals surface area contributed by atoms with Crippen molar-refractivity contribution < 1.29 is 14.0 Å². The van der Waals surface area contributed by atoms with Crippen LogP contribution >= 0.6 is 0 Å². The number of hydrogen-bond donors (Lipinski definition) is 2. The standard InChI is InChI=1S/C17H21FN4O2/c1-12-9-21-22(11-12)7-6-16(23)20-10-14(17(19)24)8-13-2-4-15(18)5-3-13/h2-5,9,11,14H,6-8,10H2,1H3,(H2,19,24)(H,20,23)/t14-/m0/s1. The van der Waals surface area contributed by atoms with E-state index in [0.29, 0.717) is 13.0 Å². The van der Waals surface area contributed by atoms with E-state index >= 15 is 0 Å². The predicted octanol–water partition coefficient (Wildman–Crippen LogP) is 1.18. The first-order valence-electron chi connectivity index (χ1n) is 7.73. The van der Waals surface area contributed by atoms with Gasteiger partial charge in [0, 0.05) is 25.7 Å². The van der Waals surface area contributed by atoms with Gasteiger partial charge < -0.3 is 11.1 Å². The number of halogens is 1. The lowest BCUT2D eigenvalue weighted by molar-refractivity contribution is -0.123. The number of carbonyl (C=O) groups is 2. The second-order valence-electron chi connectivity index (χ2n) is 5.76. The van der Waals surface area contributed by atoms with Crippen LogP contribution in [0.5, 0.6) is 0 Å². The number of benzene rings is 1. The molecule has 0 aliphatic carbocycles. The molecule has 0 aliphatic heterocycles. The van der Waals surface area contributed by atoms with Gasteiger partial charge in [-0.1, -0.05) is 12.1 Å². The third-order valence-corrected chi connectivity index (χ3v) is 3.67. The maximum Gasteiger partial charge on any atom is 0.222 e. The second-order valence-corrected chi connectivity index (χ2v) is 5.76. The van der Waals surface area contributed by atoms with Crippen LogP contribution in [0.25, 0.3) is 0 Å². The SMILES string of the molecule is Cc1cnn(CCC(=O)NC[C@H](Cc2ccc(F)cc2)C(N)=O)c1. The molecule has 0 radical (unpaired) electrons. The van der Waals surface area contributed by atoms with Crippen molar-refractivity contribution in [3.05, 3.63) is 53.6 Å². The van der Waals surface area contributed by atoms with E-state index in [0.717, 1.165) is 11.1 Å². The van der Waals surface area contributed by atoms with E-state index in [1.165, 1.54) is 12.1 Å². The molecular weight excluding hydrogens is 311 g/mol. The van der Waals surface area contributed by atoms with Gasteiger partial charge in [-0.25, -0.2) is 4.39 Å².